The first-order valence-electron chi connectivity index (χ1n) is 9.51. The van der Waals surface area contributed by atoms with Crippen LogP contribution in [0.4, 0.5) is 0 Å². The van der Waals surface area contributed by atoms with E-state index in [1.807, 2.05) is 23.9 Å². The van der Waals surface area contributed by atoms with Gasteiger partial charge in [0.15, 0.2) is 0 Å². The topological polar surface area (TPSA) is 53.9 Å². The fraction of sp³-hybridized carbons (Fsp3) is 0.429. The van der Waals surface area contributed by atoms with Gasteiger partial charge >= 0.3 is 0 Å². The molecule has 0 radical (unpaired) electrons. The minimum absolute atomic E-state index is 0.140. The Morgan fingerprint density at radius 3 is 3.00 bits per heavy atom. The van der Waals surface area contributed by atoms with Gasteiger partial charge in [-0.05, 0) is 63.3 Å². The number of aryl methyl sites for hydroxylation is 3. The zero-order valence-electron chi connectivity index (χ0n) is 15.5. The smallest absolute Gasteiger partial charge is 0.270 e. The van der Waals surface area contributed by atoms with Crippen LogP contribution in [0, 0.1) is 13.8 Å². The first kappa shape index (κ1) is 16.9. The van der Waals surface area contributed by atoms with Gasteiger partial charge in [0.05, 0.1) is 0 Å². The van der Waals surface area contributed by atoms with E-state index in [1.54, 1.807) is 6.20 Å². The van der Waals surface area contributed by atoms with Gasteiger partial charge in [-0.15, -0.1) is 0 Å². The number of hydrogen-bond donors (Lipinski definition) is 1. The summed E-state index contributed by atoms with van der Waals surface area (Å²) in [5.41, 5.74) is 4.07. The number of fused-ring (bicyclic) bond motifs is 1. The summed E-state index contributed by atoms with van der Waals surface area (Å²) in [6.07, 6.45) is 8.09. The lowest BCUT2D eigenvalue weighted by atomic mass is 9.98. The SMILES string of the molecule is Cc1ccc2[nH]c(C(=O)N3CCCC[C@H]3CCn3cccn3)c(C)c2c1. The van der Waals surface area contributed by atoms with E-state index < -0.39 is 0 Å². The van der Waals surface area contributed by atoms with Crippen LogP contribution in [-0.2, 0) is 6.54 Å². The zero-order chi connectivity index (χ0) is 18.1. The van der Waals surface area contributed by atoms with Gasteiger partial charge in [-0.25, -0.2) is 0 Å². The fourth-order valence-electron chi connectivity index (χ4n) is 4.08. The molecule has 1 aliphatic heterocycles. The van der Waals surface area contributed by atoms with Crippen LogP contribution < -0.4 is 0 Å². The molecule has 0 spiro atoms. The van der Waals surface area contributed by atoms with Crippen molar-refractivity contribution in [2.45, 2.75) is 52.1 Å². The second-order valence-electron chi connectivity index (χ2n) is 7.38. The Morgan fingerprint density at radius 1 is 1.31 bits per heavy atom. The molecule has 5 heteroatoms. The van der Waals surface area contributed by atoms with Crippen molar-refractivity contribution >= 4 is 16.8 Å². The predicted octanol–water partition coefficient (Wildman–Crippen LogP) is 4.07. The standard InChI is InChI=1S/C21H26N4O/c1-15-7-8-19-18(14-15)16(2)20(23-19)21(26)25-12-4-3-6-17(25)9-13-24-11-5-10-22-24/h5,7-8,10-11,14,17,23H,3-4,6,9,12-13H2,1-2H3/t17-/m0/s1. The van der Waals surface area contributed by atoms with Gasteiger partial charge in [0.1, 0.15) is 5.69 Å². The summed E-state index contributed by atoms with van der Waals surface area (Å²) in [7, 11) is 0. The minimum Gasteiger partial charge on any atom is -0.350 e. The van der Waals surface area contributed by atoms with Crippen LogP contribution in [0.3, 0.4) is 0 Å². The van der Waals surface area contributed by atoms with Gasteiger partial charge in [0.2, 0.25) is 0 Å². The highest BCUT2D eigenvalue weighted by atomic mass is 16.2. The van der Waals surface area contributed by atoms with Crippen molar-refractivity contribution in [3.8, 4) is 0 Å². The number of nitrogens with zero attached hydrogens (tertiary/aromatic N) is 3. The van der Waals surface area contributed by atoms with Crippen molar-refractivity contribution in [2.24, 2.45) is 0 Å². The number of benzene rings is 1. The van der Waals surface area contributed by atoms with Crippen molar-refractivity contribution < 1.29 is 4.79 Å². The molecule has 0 aliphatic carbocycles. The fourth-order valence-corrected chi connectivity index (χ4v) is 4.08. The highest BCUT2D eigenvalue weighted by Gasteiger charge is 2.29. The van der Waals surface area contributed by atoms with Crippen LogP contribution >= 0.6 is 0 Å². The summed E-state index contributed by atoms with van der Waals surface area (Å²) < 4.78 is 1.95. The Morgan fingerprint density at radius 2 is 2.19 bits per heavy atom. The quantitative estimate of drug-likeness (QED) is 0.771. The van der Waals surface area contributed by atoms with Crippen LogP contribution in [0.25, 0.3) is 10.9 Å². The van der Waals surface area contributed by atoms with Crippen molar-refractivity contribution in [1.82, 2.24) is 19.7 Å². The van der Waals surface area contributed by atoms with Crippen LogP contribution in [-0.4, -0.2) is 38.2 Å². The number of carbonyl (C=O) groups is 1. The van der Waals surface area contributed by atoms with E-state index in [-0.39, 0.29) is 11.9 Å². The molecular formula is C21H26N4O. The van der Waals surface area contributed by atoms with Gasteiger partial charge in [0.25, 0.3) is 5.91 Å². The maximum atomic E-state index is 13.3. The normalized spacial score (nSPS) is 17.8. The van der Waals surface area contributed by atoms with Crippen molar-refractivity contribution in [1.29, 1.82) is 0 Å². The molecule has 136 valence electrons. The third-order valence-corrected chi connectivity index (χ3v) is 5.57. The number of likely N-dealkylation sites (tertiary alicyclic amines) is 1. The highest BCUT2D eigenvalue weighted by Crippen LogP contribution is 2.27. The molecule has 1 aromatic carbocycles. The number of aromatic nitrogens is 3. The lowest BCUT2D eigenvalue weighted by Crippen LogP contribution is -2.44. The second kappa shape index (κ2) is 6.98. The molecule has 1 N–H and O–H groups in total. The highest BCUT2D eigenvalue weighted by molar-refractivity contribution is 6.01. The van der Waals surface area contributed by atoms with E-state index in [2.05, 4.69) is 40.1 Å². The lowest BCUT2D eigenvalue weighted by Gasteiger charge is -2.35. The number of H-pyrrole nitrogens is 1. The summed E-state index contributed by atoms with van der Waals surface area (Å²) in [4.78, 5) is 18.8. The van der Waals surface area contributed by atoms with Crippen molar-refractivity contribution in [3.63, 3.8) is 0 Å². The molecule has 3 aromatic rings. The van der Waals surface area contributed by atoms with Gasteiger partial charge in [-0.1, -0.05) is 11.6 Å². The van der Waals surface area contributed by atoms with Gasteiger partial charge < -0.3 is 9.88 Å². The van der Waals surface area contributed by atoms with Crippen LogP contribution in [0.5, 0.6) is 0 Å². The molecule has 1 saturated heterocycles. The maximum absolute atomic E-state index is 13.3. The molecule has 4 rings (SSSR count). The summed E-state index contributed by atoms with van der Waals surface area (Å²) in [5.74, 6) is 0.140. The number of amides is 1. The second-order valence-corrected chi connectivity index (χ2v) is 7.38. The van der Waals surface area contributed by atoms with E-state index in [9.17, 15) is 4.79 Å². The molecule has 0 saturated carbocycles. The molecule has 0 bridgehead atoms. The third-order valence-electron chi connectivity index (χ3n) is 5.57. The minimum atomic E-state index is 0.140. The van der Waals surface area contributed by atoms with Crippen LogP contribution in [0.15, 0.2) is 36.7 Å². The molecule has 3 heterocycles. The van der Waals surface area contributed by atoms with Gasteiger partial charge in [0, 0.05) is 42.4 Å². The van der Waals surface area contributed by atoms with E-state index in [0.717, 1.165) is 54.5 Å². The predicted molar refractivity (Wildman–Crippen MR) is 103 cm³/mol. The monoisotopic (exact) mass is 350 g/mol. The molecule has 2 aromatic heterocycles. The Kier molecular flexibility index (Phi) is 4.53. The zero-order valence-corrected chi connectivity index (χ0v) is 15.5. The van der Waals surface area contributed by atoms with E-state index in [0.29, 0.717) is 0 Å². The van der Waals surface area contributed by atoms with Crippen LogP contribution in [0.2, 0.25) is 0 Å². The Bertz CT molecular complexity index is 910. The van der Waals surface area contributed by atoms with E-state index >= 15 is 0 Å². The molecule has 26 heavy (non-hydrogen) atoms. The molecule has 1 fully saturated rings. The summed E-state index contributed by atoms with van der Waals surface area (Å²) in [6.45, 7) is 5.83. The number of carbonyl (C=O) groups excluding carboxylic acids is 1. The number of rotatable bonds is 4. The summed E-state index contributed by atoms with van der Waals surface area (Å²) in [6, 6.07) is 8.54. The Balaban J connectivity index is 1.57. The molecule has 1 aliphatic rings. The molecule has 0 unspecified atom stereocenters. The number of nitrogens with one attached hydrogen (secondary N) is 1. The lowest BCUT2D eigenvalue weighted by molar-refractivity contribution is 0.0588. The number of hydrogen-bond acceptors (Lipinski definition) is 2. The molecular weight excluding hydrogens is 324 g/mol. The average molecular weight is 350 g/mol. The first-order chi connectivity index (χ1) is 12.6. The Labute approximate surface area is 154 Å². The Hall–Kier alpha value is -2.56. The largest absolute Gasteiger partial charge is 0.350 e. The third kappa shape index (κ3) is 3.14. The van der Waals surface area contributed by atoms with E-state index in [1.165, 1.54) is 12.0 Å². The summed E-state index contributed by atoms with van der Waals surface area (Å²) >= 11 is 0. The molecule has 1 atom stereocenters. The molecule has 1 amide bonds. The number of aromatic amines is 1. The maximum Gasteiger partial charge on any atom is 0.270 e. The van der Waals surface area contributed by atoms with Crippen LogP contribution in [0.1, 0.15) is 47.3 Å². The van der Waals surface area contributed by atoms with Gasteiger partial charge in [-0.3, -0.25) is 9.48 Å². The average Bonchev–Trinajstić information content (AvgIpc) is 3.28. The molecule has 5 nitrogen and oxygen atoms in total. The van der Waals surface area contributed by atoms with Crippen molar-refractivity contribution in [2.75, 3.05) is 6.54 Å². The van der Waals surface area contributed by atoms with Gasteiger partial charge in [-0.2, -0.15) is 5.10 Å². The first-order valence-corrected chi connectivity index (χ1v) is 9.51. The van der Waals surface area contributed by atoms with E-state index in [4.69, 9.17) is 0 Å². The van der Waals surface area contributed by atoms with Crippen molar-refractivity contribution in [3.05, 3.63) is 53.5 Å². The number of piperidine rings is 1. The summed E-state index contributed by atoms with van der Waals surface area (Å²) in [5, 5.41) is 5.44.